The number of aromatic nitrogens is 2. The minimum atomic E-state index is -0.565. The minimum absolute atomic E-state index is 0.132. The van der Waals surface area contributed by atoms with Crippen molar-refractivity contribution in [3.63, 3.8) is 0 Å². The molecule has 0 radical (unpaired) electrons. The van der Waals surface area contributed by atoms with Gasteiger partial charge in [0, 0.05) is 13.1 Å². The molecule has 0 aliphatic carbocycles. The summed E-state index contributed by atoms with van der Waals surface area (Å²) in [6.45, 7) is 2.03. The summed E-state index contributed by atoms with van der Waals surface area (Å²) in [4.78, 5) is 10.4. The molecule has 0 saturated heterocycles. The second-order valence-corrected chi connectivity index (χ2v) is 4.24. The Kier molecular flexibility index (Phi) is 3.66. The normalized spacial score (nSPS) is 10.1. The monoisotopic (exact) mass is 272 g/mol. The molecular formula is C13H12N4O3. The molecule has 0 saturated carbocycles. The summed E-state index contributed by atoms with van der Waals surface area (Å²) in [5, 5.41) is 23.9. The van der Waals surface area contributed by atoms with E-state index in [-0.39, 0.29) is 23.6 Å². The molecule has 7 heteroatoms. The van der Waals surface area contributed by atoms with Crippen LogP contribution in [0.3, 0.4) is 0 Å². The molecule has 7 nitrogen and oxygen atoms in total. The molecule has 2 rings (SSSR count). The molecule has 0 unspecified atom stereocenters. The van der Waals surface area contributed by atoms with Crippen molar-refractivity contribution in [2.45, 2.75) is 13.5 Å². The van der Waals surface area contributed by atoms with Gasteiger partial charge in [0.2, 0.25) is 0 Å². The Bertz CT molecular complexity index is 700. The van der Waals surface area contributed by atoms with Crippen molar-refractivity contribution in [1.82, 2.24) is 9.78 Å². The fourth-order valence-electron chi connectivity index (χ4n) is 1.80. The van der Waals surface area contributed by atoms with E-state index >= 15 is 0 Å². The van der Waals surface area contributed by atoms with Crippen LogP contribution in [0, 0.1) is 28.4 Å². The minimum Gasteiger partial charge on any atom is -0.480 e. The molecule has 0 spiro atoms. The lowest BCUT2D eigenvalue weighted by molar-refractivity contribution is -0.386. The summed E-state index contributed by atoms with van der Waals surface area (Å²) < 4.78 is 7.12. The van der Waals surface area contributed by atoms with Crippen molar-refractivity contribution < 1.29 is 9.66 Å². The molecule has 1 heterocycles. The van der Waals surface area contributed by atoms with Crippen LogP contribution >= 0.6 is 0 Å². The predicted molar refractivity (Wildman–Crippen MR) is 70.1 cm³/mol. The van der Waals surface area contributed by atoms with E-state index in [0.29, 0.717) is 0 Å². The number of nitriles is 1. The van der Waals surface area contributed by atoms with Gasteiger partial charge in [0.1, 0.15) is 6.61 Å². The van der Waals surface area contributed by atoms with E-state index in [1.807, 2.05) is 19.1 Å². The topological polar surface area (TPSA) is 94.0 Å². The summed E-state index contributed by atoms with van der Waals surface area (Å²) in [6.07, 6.45) is 0. The lowest BCUT2D eigenvalue weighted by Crippen LogP contribution is -2.04. The second kappa shape index (κ2) is 5.40. The van der Waals surface area contributed by atoms with E-state index in [2.05, 4.69) is 5.10 Å². The Morgan fingerprint density at radius 1 is 1.50 bits per heavy atom. The molecule has 1 aromatic carbocycles. The highest BCUT2D eigenvalue weighted by Crippen LogP contribution is 2.28. The maximum Gasteiger partial charge on any atom is 0.312 e. The van der Waals surface area contributed by atoms with E-state index in [4.69, 9.17) is 10.00 Å². The molecule has 0 bridgehead atoms. The van der Waals surface area contributed by atoms with Crippen LogP contribution in [0.4, 0.5) is 5.69 Å². The SMILES string of the molecule is Cc1cc(COc2ccc(C#N)cc2[N+](=O)[O-])n(C)n1. The van der Waals surface area contributed by atoms with Crippen LogP contribution in [0.25, 0.3) is 0 Å². The third kappa shape index (κ3) is 2.75. The van der Waals surface area contributed by atoms with Gasteiger partial charge in [-0.2, -0.15) is 10.4 Å². The van der Waals surface area contributed by atoms with Crippen LogP contribution in [0.15, 0.2) is 24.3 Å². The van der Waals surface area contributed by atoms with E-state index in [9.17, 15) is 10.1 Å². The first-order valence-corrected chi connectivity index (χ1v) is 5.82. The fraction of sp³-hybridized carbons (Fsp3) is 0.231. The summed E-state index contributed by atoms with van der Waals surface area (Å²) in [6, 6.07) is 7.82. The lowest BCUT2D eigenvalue weighted by atomic mass is 10.2. The van der Waals surface area contributed by atoms with Crippen molar-refractivity contribution in [2.75, 3.05) is 0 Å². The van der Waals surface area contributed by atoms with Crippen molar-refractivity contribution in [3.8, 4) is 11.8 Å². The number of nitro groups is 1. The standard InChI is InChI=1S/C13H12N4O3/c1-9-5-11(16(2)15-9)8-20-13-4-3-10(7-14)6-12(13)17(18)19/h3-6H,8H2,1-2H3. The number of aryl methyl sites for hydroxylation is 2. The van der Waals surface area contributed by atoms with Gasteiger partial charge in [-0.25, -0.2) is 0 Å². The number of benzene rings is 1. The van der Waals surface area contributed by atoms with Crippen LogP contribution in [-0.4, -0.2) is 14.7 Å². The average molecular weight is 272 g/mol. The summed E-state index contributed by atoms with van der Waals surface area (Å²) in [7, 11) is 1.78. The van der Waals surface area contributed by atoms with Gasteiger partial charge < -0.3 is 4.74 Å². The summed E-state index contributed by atoms with van der Waals surface area (Å²) in [5.41, 5.74) is 1.66. The smallest absolute Gasteiger partial charge is 0.312 e. The molecule has 0 aliphatic heterocycles. The molecule has 0 atom stereocenters. The number of hydrogen-bond acceptors (Lipinski definition) is 5. The third-order valence-electron chi connectivity index (χ3n) is 2.76. The zero-order chi connectivity index (χ0) is 14.7. The molecular weight excluding hydrogens is 260 g/mol. The highest BCUT2D eigenvalue weighted by molar-refractivity contribution is 5.51. The van der Waals surface area contributed by atoms with Gasteiger partial charge in [-0.15, -0.1) is 0 Å². The first kappa shape index (κ1) is 13.5. The lowest BCUT2D eigenvalue weighted by Gasteiger charge is -2.07. The maximum absolute atomic E-state index is 11.0. The van der Waals surface area contributed by atoms with Crippen molar-refractivity contribution in [1.29, 1.82) is 5.26 Å². The van der Waals surface area contributed by atoms with Gasteiger partial charge >= 0.3 is 5.69 Å². The number of nitrogens with zero attached hydrogens (tertiary/aromatic N) is 4. The molecule has 20 heavy (non-hydrogen) atoms. The molecule has 0 amide bonds. The number of rotatable bonds is 4. The highest BCUT2D eigenvalue weighted by atomic mass is 16.6. The van der Waals surface area contributed by atoms with Crippen molar-refractivity contribution in [2.24, 2.45) is 7.05 Å². The van der Waals surface area contributed by atoms with Crippen LogP contribution < -0.4 is 4.74 Å². The zero-order valence-corrected chi connectivity index (χ0v) is 11.0. The Morgan fingerprint density at radius 3 is 2.80 bits per heavy atom. The van der Waals surface area contributed by atoms with E-state index in [1.165, 1.54) is 18.2 Å². The molecule has 1 aromatic heterocycles. The zero-order valence-electron chi connectivity index (χ0n) is 11.0. The number of ether oxygens (including phenoxy) is 1. The average Bonchev–Trinajstić information content (AvgIpc) is 2.74. The van der Waals surface area contributed by atoms with Gasteiger partial charge in [0.25, 0.3) is 0 Å². The summed E-state index contributed by atoms with van der Waals surface area (Å²) >= 11 is 0. The largest absolute Gasteiger partial charge is 0.480 e. The summed E-state index contributed by atoms with van der Waals surface area (Å²) in [5.74, 6) is 0.132. The highest BCUT2D eigenvalue weighted by Gasteiger charge is 2.16. The molecule has 0 N–H and O–H groups in total. The van der Waals surface area contributed by atoms with Crippen LogP contribution in [0.2, 0.25) is 0 Å². The number of hydrogen-bond donors (Lipinski definition) is 0. The van der Waals surface area contributed by atoms with E-state index < -0.39 is 4.92 Å². The molecule has 2 aromatic rings. The quantitative estimate of drug-likeness (QED) is 0.627. The van der Waals surface area contributed by atoms with Gasteiger partial charge in [0.05, 0.1) is 27.9 Å². The Hall–Kier alpha value is -2.88. The van der Waals surface area contributed by atoms with Gasteiger partial charge in [-0.1, -0.05) is 0 Å². The van der Waals surface area contributed by atoms with Gasteiger partial charge in [-0.05, 0) is 25.1 Å². The Labute approximate surface area is 115 Å². The molecule has 0 fully saturated rings. The molecule has 0 aliphatic rings. The predicted octanol–water partition coefficient (Wildman–Crippen LogP) is 2.09. The second-order valence-electron chi connectivity index (χ2n) is 4.24. The Morgan fingerprint density at radius 2 is 2.25 bits per heavy atom. The Balaban J connectivity index is 2.23. The first-order chi connectivity index (χ1) is 9.51. The molecule has 102 valence electrons. The van der Waals surface area contributed by atoms with Gasteiger partial charge in [-0.3, -0.25) is 14.8 Å². The first-order valence-electron chi connectivity index (χ1n) is 5.82. The van der Waals surface area contributed by atoms with Crippen molar-refractivity contribution in [3.05, 3.63) is 51.3 Å². The van der Waals surface area contributed by atoms with Gasteiger partial charge in [0.15, 0.2) is 5.75 Å². The van der Waals surface area contributed by atoms with Crippen LogP contribution in [0.5, 0.6) is 5.75 Å². The fourth-order valence-corrected chi connectivity index (χ4v) is 1.80. The third-order valence-corrected chi connectivity index (χ3v) is 2.76. The maximum atomic E-state index is 11.0. The van der Waals surface area contributed by atoms with E-state index in [1.54, 1.807) is 11.7 Å². The van der Waals surface area contributed by atoms with Crippen LogP contribution in [-0.2, 0) is 13.7 Å². The number of nitro benzene ring substituents is 1. The van der Waals surface area contributed by atoms with Crippen LogP contribution in [0.1, 0.15) is 17.0 Å². The van der Waals surface area contributed by atoms with Crippen molar-refractivity contribution >= 4 is 5.69 Å². The van der Waals surface area contributed by atoms with E-state index in [0.717, 1.165) is 11.4 Å².